The van der Waals surface area contributed by atoms with Gasteiger partial charge < -0.3 is 0 Å². The second kappa shape index (κ2) is 5.34. The molecule has 2 amide bonds. The number of anilines is 1. The zero-order valence-corrected chi connectivity index (χ0v) is 10.9. The molecule has 1 heterocycles. The van der Waals surface area contributed by atoms with E-state index in [1.165, 1.54) is 4.90 Å². The summed E-state index contributed by atoms with van der Waals surface area (Å²) in [7, 11) is 0. The van der Waals surface area contributed by atoms with Crippen molar-refractivity contribution < 1.29 is 9.59 Å². The molecule has 3 nitrogen and oxygen atoms in total. The van der Waals surface area contributed by atoms with Crippen LogP contribution in [-0.4, -0.2) is 11.8 Å². The Bertz CT molecular complexity index is 441. The van der Waals surface area contributed by atoms with E-state index in [9.17, 15) is 9.59 Å². The van der Waals surface area contributed by atoms with Gasteiger partial charge in [0.2, 0.25) is 11.8 Å². The van der Waals surface area contributed by atoms with Gasteiger partial charge in [-0.2, -0.15) is 0 Å². The van der Waals surface area contributed by atoms with E-state index in [1.54, 1.807) is 0 Å². The summed E-state index contributed by atoms with van der Waals surface area (Å²) < 4.78 is 0. The summed E-state index contributed by atoms with van der Waals surface area (Å²) in [4.78, 5) is 25.7. The predicted molar refractivity (Wildman–Crippen MR) is 71.1 cm³/mol. The lowest BCUT2D eigenvalue weighted by atomic mass is 9.89. The molecule has 96 valence electrons. The summed E-state index contributed by atoms with van der Waals surface area (Å²) in [6.07, 6.45) is 2.39. The minimum atomic E-state index is -0.141. The lowest BCUT2D eigenvalue weighted by Gasteiger charge is -2.18. The Morgan fingerprint density at radius 2 is 1.94 bits per heavy atom. The Labute approximate surface area is 108 Å². The largest absolute Gasteiger partial charge is 0.274 e. The fourth-order valence-corrected chi connectivity index (χ4v) is 2.60. The van der Waals surface area contributed by atoms with Crippen LogP contribution in [0.5, 0.6) is 0 Å². The van der Waals surface area contributed by atoms with Crippen molar-refractivity contribution >= 4 is 17.5 Å². The second-order valence-electron chi connectivity index (χ2n) is 4.98. The number of benzene rings is 1. The molecule has 1 aromatic rings. The van der Waals surface area contributed by atoms with Gasteiger partial charge in [0.15, 0.2) is 0 Å². The molecule has 0 radical (unpaired) electrons. The number of para-hydroxylation sites is 1. The summed E-state index contributed by atoms with van der Waals surface area (Å²) in [6, 6.07) is 9.19. The van der Waals surface area contributed by atoms with Gasteiger partial charge in [-0.15, -0.1) is 0 Å². The number of rotatable bonds is 4. The lowest BCUT2D eigenvalue weighted by Crippen LogP contribution is -2.31. The van der Waals surface area contributed by atoms with Crippen LogP contribution >= 0.6 is 0 Å². The van der Waals surface area contributed by atoms with Crippen LogP contribution in [0.1, 0.15) is 33.1 Å². The zero-order valence-electron chi connectivity index (χ0n) is 10.9. The van der Waals surface area contributed by atoms with E-state index < -0.39 is 0 Å². The van der Waals surface area contributed by atoms with E-state index in [4.69, 9.17) is 0 Å². The molecule has 2 rings (SSSR count). The minimum absolute atomic E-state index is 0.0350. The summed E-state index contributed by atoms with van der Waals surface area (Å²) in [5.41, 5.74) is 0.693. The average Bonchev–Trinajstić information content (AvgIpc) is 2.66. The minimum Gasteiger partial charge on any atom is -0.274 e. The van der Waals surface area contributed by atoms with Crippen molar-refractivity contribution in [1.29, 1.82) is 0 Å². The van der Waals surface area contributed by atoms with Crippen LogP contribution in [0.15, 0.2) is 30.3 Å². The van der Waals surface area contributed by atoms with Crippen molar-refractivity contribution in [3.05, 3.63) is 30.3 Å². The average molecular weight is 245 g/mol. The number of carbonyl (C=O) groups excluding carboxylic acids is 2. The first-order chi connectivity index (χ1) is 8.65. The monoisotopic (exact) mass is 245 g/mol. The SMILES string of the molecule is CCCC(C)C1CC(=O)N(c2ccccc2)C1=O. The van der Waals surface area contributed by atoms with Gasteiger partial charge in [-0.1, -0.05) is 44.9 Å². The van der Waals surface area contributed by atoms with Gasteiger partial charge in [-0.05, 0) is 18.1 Å². The number of amides is 2. The predicted octanol–water partition coefficient (Wildman–Crippen LogP) is 3.00. The molecule has 2 atom stereocenters. The van der Waals surface area contributed by atoms with Crippen LogP contribution in [0.4, 0.5) is 5.69 Å². The fourth-order valence-electron chi connectivity index (χ4n) is 2.60. The molecule has 0 aliphatic carbocycles. The Hall–Kier alpha value is -1.64. The van der Waals surface area contributed by atoms with Crippen molar-refractivity contribution in [1.82, 2.24) is 0 Å². The van der Waals surface area contributed by atoms with Crippen molar-refractivity contribution in [2.75, 3.05) is 4.90 Å². The molecule has 0 saturated carbocycles. The van der Waals surface area contributed by atoms with Crippen molar-refractivity contribution in [2.45, 2.75) is 33.1 Å². The molecule has 0 aromatic heterocycles. The number of hydrogen-bond acceptors (Lipinski definition) is 2. The van der Waals surface area contributed by atoms with Crippen LogP contribution < -0.4 is 4.90 Å². The summed E-state index contributed by atoms with van der Waals surface area (Å²) >= 11 is 0. The van der Waals surface area contributed by atoms with E-state index in [-0.39, 0.29) is 23.7 Å². The maximum atomic E-state index is 12.3. The van der Waals surface area contributed by atoms with E-state index in [0.29, 0.717) is 12.1 Å². The molecule has 2 unspecified atom stereocenters. The van der Waals surface area contributed by atoms with Crippen LogP contribution in [0.3, 0.4) is 0 Å². The van der Waals surface area contributed by atoms with Gasteiger partial charge in [0.05, 0.1) is 11.6 Å². The van der Waals surface area contributed by atoms with Crippen LogP contribution in [-0.2, 0) is 9.59 Å². The Balaban J connectivity index is 2.20. The highest BCUT2D eigenvalue weighted by molar-refractivity contribution is 6.20. The number of hydrogen-bond donors (Lipinski definition) is 0. The zero-order chi connectivity index (χ0) is 13.1. The smallest absolute Gasteiger partial charge is 0.237 e. The first-order valence-electron chi connectivity index (χ1n) is 6.57. The molecule has 18 heavy (non-hydrogen) atoms. The van der Waals surface area contributed by atoms with E-state index in [0.717, 1.165) is 12.8 Å². The molecule has 0 spiro atoms. The third-order valence-electron chi connectivity index (χ3n) is 3.63. The first kappa shape index (κ1) is 12.8. The molecule has 1 fully saturated rings. The third-order valence-corrected chi connectivity index (χ3v) is 3.63. The highest BCUT2D eigenvalue weighted by Crippen LogP contribution is 2.32. The van der Waals surface area contributed by atoms with Crippen molar-refractivity contribution in [3.63, 3.8) is 0 Å². The normalized spacial score (nSPS) is 21.4. The molecule has 3 heteroatoms. The maximum absolute atomic E-state index is 12.3. The van der Waals surface area contributed by atoms with Gasteiger partial charge in [-0.25, -0.2) is 0 Å². The molecular formula is C15H19NO2. The second-order valence-corrected chi connectivity index (χ2v) is 4.98. The topological polar surface area (TPSA) is 37.4 Å². The Morgan fingerprint density at radius 1 is 1.28 bits per heavy atom. The van der Waals surface area contributed by atoms with Gasteiger partial charge in [0, 0.05) is 6.42 Å². The highest BCUT2D eigenvalue weighted by Gasteiger charge is 2.41. The highest BCUT2D eigenvalue weighted by atomic mass is 16.2. The van der Waals surface area contributed by atoms with E-state index >= 15 is 0 Å². The van der Waals surface area contributed by atoms with E-state index in [1.807, 2.05) is 30.3 Å². The van der Waals surface area contributed by atoms with Gasteiger partial charge in [0.1, 0.15) is 0 Å². The molecule has 1 aliphatic rings. The van der Waals surface area contributed by atoms with E-state index in [2.05, 4.69) is 13.8 Å². The first-order valence-corrected chi connectivity index (χ1v) is 6.57. The molecule has 0 N–H and O–H groups in total. The molecular weight excluding hydrogens is 226 g/mol. The lowest BCUT2D eigenvalue weighted by molar-refractivity contribution is -0.122. The Kier molecular flexibility index (Phi) is 3.80. The third kappa shape index (κ3) is 2.30. The number of nitrogens with zero attached hydrogens (tertiary/aromatic N) is 1. The molecule has 1 aliphatic heterocycles. The maximum Gasteiger partial charge on any atom is 0.237 e. The standard InChI is InChI=1S/C15H19NO2/c1-3-7-11(2)13-10-14(17)16(15(13)18)12-8-5-4-6-9-12/h4-6,8-9,11,13H,3,7,10H2,1-2H3. The summed E-state index contributed by atoms with van der Waals surface area (Å²) in [6.45, 7) is 4.17. The van der Waals surface area contributed by atoms with Gasteiger partial charge in [-0.3, -0.25) is 14.5 Å². The van der Waals surface area contributed by atoms with Gasteiger partial charge in [0.25, 0.3) is 0 Å². The number of carbonyl (C=O) groups is 2. The molecule has 1 saturated heterocycles. The van der Waals surface area contributed by atoms with Crippen molar-refractivity contribution in [2.24, 2.45) is 11.8 Å². The Morgan fingerprint density at radius 3 is 2.56 bits per heavy atom. The van der Waals surface area contributed by atoms with Crippen LogP contribution in [0.2, 0.25) is 0 Å². The van der Waals surface area contributed by atoms with Gasteiger partial charge >= 0.3 is 0 Å². The van der Waals surface area contributed by atoms with Crippen LogP contribution in [0.25, 0.3) is 0 Å². The quantitative estimate of drug-likeness (QED) is 0.765. The van der Waals surface area contributed by atoms with Crippen LogP contribution in [0, 0.1) is 11.8 Å². The summed E-state index contributed by atoms with van der Waals surface area (Å²) in [5.74, 6) is 0.0316. The molecule has 1 aromatic carbocycles. The fraction of sp³-hybridized carbons (Fsp3) is 0.467. The van der Waals surface area contributed by atoms with Crippen molar-refractivity contribution in [3.8, 4) is 0 Å². The molecule has 0 bridgehead atoms. The number of imide groups is 1. The summed E-state index contributed by atoms with van der Waals surface area (Å²) in [5, 5.41) is 0.